The van der Waals surface area contributed by atoms with E-state index in [9.17, 15) is 24.9 Å². The first-order valence-electron chi connectivity index (χ1n) is 12.6. The zero-order valence-corrected chi connectivity index (χ0v) is 21.5. The highest BCUT2D eigenvalue weighted by molar-refractivity contribution is 6.18. The van der Waals surface area contributed by atoms with E-state index >= 15 is 0 Å². The number of ether oxygens (including phenoxy) is 4. The van der Waals surface area contributed by atoms with Gasteiger partial charge >= 0.3 is 0 Å². The molecule has 9 heteroatoms. The molecule has 9 nitrogen and oxygen atoms in total. The Morgan fingerprint density at radius 2 is 1.34 bits per heavy atom. The number of fused-ring (bicyclic) bond motifs is 1. The Labute approximate surface area is 218 Å². The molecule has 4 aliphatic rings. The molecule has 3 unspecified atom stereocenters. The Bertz CT molecular complexity index is 1490. The molecule has 3 aliphatic carbocycles. The second kappa shape index (κ2) is 8.52. The molecule has 2 aromatic rings. The fourth-order valence-corrected chi connectivity index (χ4v) is 6.74. The van der Waals surface area contributed by atoms with E-state index in [1.807, 2.05) is 6.92 Å². The molecule has 0 saturated carbocycles. The number of hydrogen-bond acceptors (Lipinski definition) is 9. The maximum atomic E-state index is 13.8. The van der Waals surface area contributed by atoms with E-state index in [-0.39, 0.29) is 47.4 Å². The van der Waals surface area contributed by atoms with E-state index in [0.717, 1.165) is 0 Å². The number of carbonyl (C=O) groups is 2. The van der Waals surface area contributed by atoms with Crippen LogP contribution in [0.4, 0.5) is 0 Å². The van der Waals surface area contributed by atoms with Gasteiger partial charge in [0.1, 0.15) is 23.0 Å². The number of aliphatic hydroxyl groups excluding tert-OH is 1. The molecule has 3 atom stereocenters. The number of phenols is 2. The molecule has 0 radical (unpaired) electrons. The number of hydrogen-bond donors (Lipinski definition) is 3. The molecule has 0 fully saturated rings. The van der Waals surface area contributed by atoms with Crippen molar-refractivity contribution in [2.45, 2.75) is 51.0 Å². The van der Waals surface area contributed by atoms with Crippen LogP contribution in [0.1, 0.15) is 76.8 Å². The summed E-state index contributed by atoms with van der Waals surface area (Å²) in [5.74, 6) is -1.82. The molecule has 3 N–H and O–H groups in total. The number of allylic oxidation sites excluding steroid dienone is 3. The van der Waals surface area contributed by atoms with Gasteiger partial charge in [0.05, 0.1) is 31.5 Å². The van der Waals surface area contributed by atoms with Gasteiger partial charge in [-0.25, -0.2) is 0 Å². The quantitative estimate of drug-likeness (QED) is 0.506. The molecular formula is C29H28O9. The van der Waals surface area contributed by atoms with Gasteiger partial charge in [0.25, 0.3) is 0 Å². The highest BCUT2D eigenvalue weighted by Gasteiger charge is 2.53. The number of methoxy groups -OCH3 is 2. The van der Waals surface area contributed by atoms with Gasteiger partial charge in [-0.05, 0) is 42.0 Å². The van der Waals surface area contributed by atoms with Crippen LogP contribution >= 0.6 is 0 Å². The van der Waals surface area contributed by atoms with E-state index in [2.05, 4.69) is 0 Å². The number of Topliss-reactive ketones (excluding diaryl/α,β-unsaturated/α-hetero) is 2. The minimum absolute atomic E-state index is 0.0431. The molecular weight excluding hydrogens is 492 g/mol. The largest absolute Gasteiger partial charge is 0.507 e. The van der Waals surface area contributed by atoms with E-state index in [1.54, 1.807) is 6.92 Å². The lowest BCUT2D eigenvalue weighted by Crippen LogP contribution is -2.35. The SMILES string of the molecule is CCCC1=C(OC)C(=O)c2c(O)cc3c4c2C1C1C(CC(C)O)=C(OC)C(=O)c2c(O)cc(c-4c21)OCO3. The van der Waals surface area contributed by atoms with Gasteiger partial charge in [-0.3, -0.25) is 9.59 Å². The van der Waals surface area contributed by atoms with Crippen LogP contribution in [0.2, 0.25) is 0 Å². The van der Waals surface area contributed by atoms with Crippen LogP contribution in [0.25, 0.3) is 11.1 Å². The molecule has 1 heterocycles. The second-order valence-electron chi connectivity index (χ2n) is 10.1. The van der Waals surface area contributed by atoms with E-state index in [1.165, 1.54) is 26.4 Å². The Morgan fingerprint density at radius 1 is 0.868 bits per heavy atom. The van der Waals surface area contributed by atoms with Crippen LogP contribution in [0, 0.1) is 0 Å². The Morgan fingerprint density at radius 3 is 1.79 bits per heavy atom. The average Bonchev–Trinajstić information content (AvgIpc) is 3.04. The summed E-state index contributed by atoms with van der Waals surface area (Å²) in [6.45, 7) is 3.41. The monoisotopic (exact) mass is 520 g/mol. The summed E-state index contributed by atoms with van der Waals surface area (Å²) in [5.41, 5.74) is 3.61. The van der Waals surface area contributed by atoms with Crippen molar-refractivity contribution in [2.24, 2.45) is 0 Å². The first-order valence-corrected chi connectivity index (χ1v) is 12.6. The van der Waals surface area contributed by atoms with Crippen molar-refractivity contribution in [1.29, 1.82) is 0 Å². The van der Waals surface area contributed by atoms with Crippen molar-refractivity contribution in [2.75, 3.05) is 21.0 Å². The van der Waals surface area contributed by atoms with Crippen LogP contribution in [0.5, 0.6) is 23.0 Å². The summed E-state index contributed by atoms with van der Waals surface area (Å²) in [4.78, 5) is 27.6. The molecule has 0 aromatic heterocycles. The van der Waals surface area contributed by atoms with Crippen LogP contribution in [-0.2, 0) is 9.47 Å². The third kappa shape index (κ3) is 3.02. The molecule has 1 aliphatic heterocycles. The zero-order chi connectivity index (χ0) is 27.0. The number of ketones is 2. The smallest absolute Gasteiger partial charge is 0.231 e. The van der Waals surface area contributed by atoms with Crippen molar-refractivity contribution >= 4 is 11.6 Å². The molecule has 0 saturated heterocycles. The third-order valence-electron chi connectivity index (χ3n) is 7.90. The Balaban J connectivity index is 1.84. The lowest BCUT2D eigenvalue weighted by atomic mass is 9.58. The van der Waals surface area contributed by atoms with Crippen molar-refractivity contribution in [3.63, 3.8) is 0 Å². The fraction of sp³-hybridized carbons (Fsp3) is 0.379. The number of aromatic hydroxyl groups is 2. The summed E-state index contributed by atoms with van der Waals surface area (Å²) in [7, 11) is 2.81. The van der Waals surface area contributed by atoms with E-state index in [0.29, 0.717) is 57.7 Å². The maximum Gasteiger partial charge on any atom is 0.231 e. The molecule has 2 aromatic carbocycles. The third-order valence-corrected chi connectivity index (χ3v) is 7.90. The first-order chi connectivity index (χ1) is 18.2. The highest BCUT2D eigenvalue weighted by atomic mass is 16.7. The van der Waals surface area contributed by atoms with Gasteiger partial charge in [0.15, 0.2) is 11.5 Å². The van der Waals surface area contributed by atoms with E-state index < -0.39 is 29.5 Å². The second-order valence-corrected chi connectivity index (χ2v) is 10.1. The van der Waals surface area contributed by atoms with Gasteiger partial charge in [-0.2, -0.15) is 0 Å². The lowest BCUT2D eigenvalue weighted by Gasteiger charge is -2.45. The van der Waals surface area contributed by atoms with Crippen molar-refractivity contribution in [3.8, 4) is 34.1 Å². The number of benzene rings is 2. The van der Waals surface area contributed by atoms with E-state index in [4.69, 9.17) is 18.9 Å². The lowest BCUT2D eigenvalue weighted by molar-refractivity contribution is 0.0917. The predicted octanol–water partition coefficient (Wildman–Crippen LogP) is 4.44. The molecule has 0 amide bonds. The molecule has 0 spiro atoms. The standard InChI is InChI=1S/C29H28O9/c1-5-6-12-18-19-13(7-11(2)30)29(36-4)27(34)21-15(32)9-17-23(25(19)21)22-16(37-10-38-17)8-14(31)20(24(18)22)26(33)28(12)35-3/h8-9,11,18-19,30-32H,5-7,10H2,1-4H3. The number of aliphatic hydroxyl groups is 1. The minimum atomic E-state index is -0.814. The van der Waals surface area contributed by atoms with Crippen LogP contribution < -0.4 is 9.47 Å². The Hall–Kier alpha value is -3.98. The van der Waals surface area contributed by atoms with Gasteiger partial charge < -0.3 is 34.3 Å². The summed E-state index contributed by atoms with van der Waals surface area (Å²) >= 11 is 0. The van der Waals surface area contributed by atoms with Gasteiger partial charge in [0, 0.05) is 35.1 Å². The zero-order valence-electron chi connectivity index (χ0n) is 21.5. The molecule has 38 heavy (non-hydrogen) atoms. The summed E-state index contributed by atoms with van der Waals surface area (Å²) < 4.78 is 23.0. The van der Waals surface area contributed by atoms with Crippen molar-refractivity contribution in [3.05, 3.63) is 57.1 Å². The average molecular weight is 521 g/mol. The summed E-state index contributed by atoms with van der Waals surface area (Å²) in [6, 6.07) is 2.76. The van der Waals surface area contributed by atoms with Crippen LogP contribution in [0.15, 0.2) is 34.8 Å². The fourth-order valence-electron chi connectivity index (χ4n) is 6.74. The van der Waals surface area contributed by atoms with Crippen molar-refractivity contribution < 1.29 is 43.9 Å². The topological polar surface area (TPSA) is 132 Å². The predicted molar refractivity (Wildman–Crippen MR) is 135 cm³/mol. The summed E-state index contributed by atoms with van der Waals surface area (Å²) in [5, 5.41) is 32.8. The highest BCUT2D eigenvalue weighted by Crippen LogP contribution is 2.66. The van der Waals surface area contributed by atoms with Gasteiger partial charge in [-0.15, -0.1) is 0 Å². The van der Waals surface area contributed by atoms with Crippen LogP contribution in [-0.4, -0.2) is 54.0 Å². The number of carbonyl (C=O) groups excluding carboxylic acids is 2. The molecule has 198 valence electrons. The normalized spacial score (nSPS) is 21.4. The van der Waals surface area contributed by atoms with Crippen molar-refractivity contribution in [1.82, 2.24) is 0 Å². The number of rotatable bonds is 6. The molecule has 6 rings (SSSR count). The first kappa shape index (κ1) is 24.4. The van der Waals surface area contributed by atoms with Crippen LogP contribution in [0.3, 0.4) is 0 Å². The Kier molecular flexibility index (Phi) is 5.47. The van der Waals surface area contributed by atoms with Gasteiger partial charge in [-0.1, -0.05) is 13.3 Å². The minimum Gasteiger partial charge on any atom is -0.507 e. The number of phenolic OH excluding ortho intramolecular Hbond substituents is 2. The maximum absolute atomic E-state index is 13.8. The summed E-state index contributed by atoms with van der Waals surface area (Å²) in [6.07, 6.45) is 0.506. The van der Waals surface area contributed by atoms with Gasteiger partial charge in [0.2, 0.25) is 18.4 Å². The molecule has 0 bridgehead atoms.